The van der Waals surface area contributed by atoms with Gasteiger partial charge in [-0.15, -0.1) is 11.3 Å². The number of hydrogen-bond acceptors (Lipinski definition) is 5. The monoisotopic (exact) mass is 214 g/mol. The quantitative estimate of drug-likeness (QED) is 0.565. The van der Waals surface area contributed by atoms with E-state index < -0.39 is 11.9 Å². The SMILES string of the molecule is COC(=O)C(=O)NCc1scnc1C. The van der Waals surface area contributed by atoms with Gasteiger partial charge >= 0.3 is 11.9 Å². The Morgan fingerprint density at radius 3 is 2.86 bits per heavy atom. The summed E-state index contributed by atoms with van der Waals surface area (Å²) in [6.45, 7) is 2.15. The second-order valence-electron chi connectivity index (χ2n) is 2.54. The van der Waals surface area contributed by atoms with Crippen molar-refractivity contribution in [1.82, 2.24) is 10.3 Å². The molecule has 1 heterocycles. The lowest BCUT2D eigenvalue weighted by Crippen LogP contribution is -2.31. The summed E-state index contributed by atoms with van der Waals surface area (Å²) in [5.41, 5.74) is 2.55. The van der Waals surface area contributed by atoms with Crippen molar-refractivity contribution in [3.8, 4) is 0 Å². The molecule has 1 aromatic heterocycles. The van der Waals surface area contributed by atoms with E-state index in [0.29, 0.717) is 6.54 Å². The van der Waals surface area contributed by atoms with Gasteiger partial charge in [0.15, 0.2) is 0 Å². The molecule has 0 aromatic carbocycles. The van der Waals surface area contributed by atoms with Crippen molar-refractivity contribution >= 4 is 23.2 Å². The van der Waals surface area contributed by atoms with Crippen molar-refractivity contribution in [3.05, 3.63) is 16.1 Å². The summed E-state index contributed by atoms with van der Waals surface area (Å²) in [5, 5.41) is 2.43. The topological polar surface area (TPSA) is 68.3 Å². The zero-order valence-corrected chi connectivity index (χ0v) is 8.68. The van der Waals surface area contributed by atoms with Gasteiger partial charge in [0, 0.05) is 4.88 Å². The number of esters is 1. The minimum absolute atomic E-state index is 0.310. The van der Waals surface area contributed by atoms with E-state index in [1.165, 1.54) is 18.4 Å². The van der Waals surface area contributed by atoms with E-state index in [2.05, 4.69) is 15.0 Å². The van der Waals surface area contributed by atoms with Crippen LogP contribution in [0.1, 0.15) is 10.6 Å². The number of hydrogen-bond donors (Lipinski definition) is 1. The third-order valence-corrected chi connectivity index (χ3v) is 2.56. The lowest BCUT2D eigenvalue weighted by Gasteiger charge is -2.01. The minimum Gasteiger partial charge on any atom is -0.462 e. The van der Waals surface area contributed by atoms with E-state index in [1.54, 1.807) is 5.51 Å². The van der Waals surface area contributed by atoms with Crippen LogP contribution >= 0.6 is 11.3 Å². The number of thiazole rings is 1. The fourth-order valence-corrected chi connectivity index (χ4v) is 1.54. The standard InChI is InChI=1S/C8H10N2O3S/c1-5-6(14-4-10-5)3-9-7(11)8(12)13-2/h4H,3H2,1-2H3,(H,9,11). The van der Waals surface area contributed by atoms with Crippen molar-refractivity contribution in [1.29, 1.82) is 0 Å². The predicted octanol–water partition coefficient (Wildman–Crippen LogP) is 0.241. The molecule has 1 rings (SSSR count). The number of nitrogens with one attached hydrogen (secondary N) is 1. The molecule has 0 aliphatic heterocycles. The summed E-state index contributed by atoms with van der Waals surface area (Å²) in [6, 6.07) is 0. The van der Waals surface area contributed by atoms with Crippen LogP contribution in [0.4, 0.5) is 0 Å². The molecule has 0 radical (unpaired) electrons. The Morgan fingerprint density at radius 2 is 2.36 bits per heavy atom. The predicted molar refractivity (Wildman–Crippen MR) is 50.7 cm³/mol. The molecule has 0 saturated heterocycles. The number of ether oxygens (including phenoxy) is 1. The summed E-state index contributed by atoms with van der Waals surface area (Å²) in [7, 11) is 1.17. The summed E-state index contributed by atoms with van der Waals surface area (Å²) >= 11 is 1.43. The van der Waals surface area contributed by atoms with Gasteiger partial charge in [0.2, 0.25) is 0 Å². The van der Waals surface area contributed by atoms with Crippen LogP contribution in [0.25, 0.3) is 0 Å². The zero-order valence-electron chi connectivity index (χ0n) is 7.86. The van der Waals surface area contributed by atoms with E-state index in [1.807, 2.05) is 6.92 Å². The third kappa shape index (κ3) is 2.53. The van der Waals surface area contributed by atoms with Crippen LogP contribution < -0.4 is 5.32 Å². The van der Waals surface area contributed by atoms with E-state index in [9.17, 15) is 9.59 Å². The molecule has 14 heavy (non-hydrogen) atoms. The zero-order chi connectivity index (χ0) is 10.6. The molecule has 5 nitrogen and oxygen atoms in total. The molecule has 0 bridgehead atoms. The van der Waals surface area contributed by atoms with Crippen LogP contribution in [0.5, 0.6) is 0 Å². The Labute approximate surface area is 85.1 Å². The molecule has 0 aliphatic carbocycles. The highest BCUT2D eigenvalue weighted by molar-refractivity contribution is 7.09. The second-order valence-corrected chi connectivity index (χ2v) is 3.47. The van der Waals surface area contributed by atoms with Crippen molar-refractivity contribution in [2.45, 2.75) is 13.5 Å². The van der Waals surface area contributed by atoms with Gasteiger partial charge in [-0.2, -0.15) is 0 Å². The van der Waals surface area contributed by atoms with Crippen molar-refractivity contribution in [3.63, 3.8) is 0 Å². The number of methoxy groups -OCH3 is 1. The first-order valence-electron chi connectivity index (χ1n) is 3.90. The van der Waals surface area contributed by atoms with Gasteiger partial charge in [0.05, 0.1) is 24.9 Å². The molecule has 0 saturated carbocycles. The van der Waals surface area contributed by atoms with Crippen LogP contribution in [0.3, 0.4) is 0 Å². The van der Waals surface area contributed by atoms with Gasteiger partial charge in [-0.3, -0.25) is 4.79 Å². The van der Waals surface area contributed by atoms with Crippen LogP contribution in [0.15, 0.2) is 5.51 Å². The lowest BCUT2D eigenvalue weighted by atomic mass is 10.4. The molecule has 76 valence electrons. The van der Waals surface area contributed by atoms with Gasteiger partial charge in [-0.25, -0.2) is 9.78 Å². The number of carbonyl (C=O) groups excluding carboxylic acids is 2. The van der Waals surface area contributed by atoms with Gasteiger partial charge in [-0.1, -0.05) is 0 Å². The maximum absolute atomic E-state index is 11.0. The Hall–Kier alpha value is -1.43. The molecular weight excluding hydrogens is 204 g/mol. The smallest absolute Gasteiger partial charge is 0.396 e. The third-order valence-electron chi connectivity index (χ3n) is 1.63. The van der Waals surface area contributed by atoms with Gasteiger partial charge in [0.1, 0.15) is 0 Å². The average Bonchev–Trinajstić information content (AvgIpc) is 2.59. The fourth-order valence-electron chi connectivity index (χ4n) is 0.821. The fraction of sp³-hybridized carbons (Fsp3) is 0.375. The Kier molecular flexibility index (Phi) is 3.58. The van der Waals surface area contributed by atoms with Crippen molar-refractivity contribution < 1.29 is 14.3 Å². The first kappa shape index (κ1) is 10.6. The molecule has 0 spiro atoms. The van der Waals surface area contributed by atoms with Gasteiger partial charge in [-0.05, 0) is 6.92 Å². The number of aryl methyl sites for hydroxylation is 1. The molecule has 1 aromatic rings. The number of nitrogens with zero attached hydrogens (tertiary/aromatic N) is 1. The number of amides is 1. The first-order valence-corrected chi connectivity index (χ1v) is 4.78. The summed E-state index contributed by atoms with van der Waals surface area (Å²) in [5.74, 6) is -1.62. The molecule has 0 atom stereocenters. The Balaban J connectivity index is 2.45. The number of aromatic nitrogens is 1. The van der Waals surface area contributed by atoms with Crippen LogP contribution in [0.2, 0.25) is 0 Å². The molecule has 6 heteroatoms. The van der Waals surface area contributed by atoms with E-state index in [4.69, 9.17) is 0 Å². The molecule has 0 fully saturated rings. The lowest BCUT2D eigenvalue weighted by molar-refractivity contribution is -0.152. The molecular formula is C8H10N2O3S. The van der Waals surface area contributed by atoms with Gasteiger partial charge < -0.3 is 10.1 Å². The first-order chi connectivity index (χ1) is 6.65. The Morgan fingerprint density at radius 1 is 1.64 bits per heavy atom. The summed E-state index contributed by atoms with van der Waals surface area (Å²) in [6.07, 6.45) is 0. The summed E-state index contributed by atoms with van der Waals surface area (Å²) < 4.78 is 4.25. The van der Waals surface area contributed by atoms with E-state index >= 15 is 0 Å². The molecule has 0 aliphatic rings. The molecule has 1 N–H and O–H groups in total. The maximum atomic E-state index is 11.0. The van der Waals surface area contributed by atoms with Crippen LogP contribution in [0, 0.1) is 6.92 Å². The maximum Gasteiger partial charge on any atom is 0.396 e. The summed E-state index contributed by atoms with van der Waals surface area (Å²) in [4.78, 5) is 26.6. The average molecular weight is 214 g/mol. The van der Waals surface area contributed by atoms with E-state index in [-0.39, 0.29) is 0 Å². The highest BCUT2D eigenvalue weighted by atomic mass is 32.1. The van der Waals surface area contributed by atoms with Crippen LogP contribution in [-0.4, -0.2) is 24.0 Å². The number of carbonyl (C=O) groups is 2. The van der Waals surface area contributed by atoms with Crippen LogP contribution in [-0.2, 0) is 20.9 Å². The van der Waals surface area contributed by atoms with Crippen molar-refractivity contribution in [2.24, 2.45) is 0 Å². The van der Waals surface area contributed by atoms with Gasteiger partial charge in [0.25, 0.3) is 0 Å². The highest BCUT2D eigenvalue weighted by Crippen LogP contribution is 2.10. The molecule has 0 unspecified atom stereocenters. The number of rotatable bonds is 2. The minimum atomic E-state index is -0.882. The van der Waals surface area contributed by atoms with Crippen molar-refractivity contribution in [2.75, 3.05) is 7.11 Å². The normalized spacial score (nSPS) is 9.57. The second kappa shape index (κ2) is 4.71. The van der Waals surface area contributed by atoms with E-state index in [0.717, 1.165) is 10.6 Å². The Bertz CT molecular complexity index is 348. The largest absolute Gasteiger partial charge is 0.462 e. The molecule has 1 amide bonds. The highest BCUT2D eigenvalue weighted by Gasteiger charge is 2.13.